The molecule has 2 aromatic rings. The maximum Gasteiger partial charge on any atom is 0.262 e. The fourth-order valence-electron chi connectivity index (χ4n) is 1.82. The maximum atomic E-state index is 12.3. The first-order chi connectivity index (χ1) is 8.15. The van der Waals surface area contributed by atoms with E-state index in [1.807, 2.05) is 43.3 Å². The standard InChI is InChI=1S/C14H15NO2/c1-10-9-12(17-3)13(14(16)15(10)2)11-7-5-4-6-8-11/h4-9H,1-3H3. The monoisotopic (exact) mass is 229 g/mol. The fraction of sp³-hybridized carbons (Fsp3) is 0.214. The molecule has 0 bridgehead atoms. The molecule has 88 valence electrons. The van der Waals surface area contributed by atoms with Crippen molar-refractivity contribution in [3.8, 4) is 16.9 Å². The number of rotatable bonds is 2. The number of hydrogen-bond acceptors (Lipinski definition) is 2. The molecule has 0 amide bonds. The quantitative estimate of drug-likeness (QED) is 0.791. The highest BCUT2D eigenvalue weighted by molar-refractivity contribution is 5.69. The van der Waals surface area contributed by atoms with E-state index in [1.165, 1.54) is 0 Å². The Hall–Kier alpha value is -2.03. The summed E-state index contributed by atoms with van der Waals surface area (Å²) in [6.45, 7) is 1.89. The summed E-state index contributed by atoms with van der Waals surface area (Å²) < 4.78 is 6.93. The highest BCUT2D eigenvalue weighted by Gasteiger charge is 2.13. The second-order valence-corrected chi connectivity index (χ2v) is 3.96. The predicted octanol–water partition coefficient (Wildman–Crippen LogP) is 2.37. The van der Waals surface area contributed by atoms with Gasteiger partial charge >= 0.3 is 0 Å². The van der Waals surface area contributed by atoms with Gasteiger partial charge in [-0.3, -0.25) is 4.79 Å². The second kappa shape index (κ2) is 4.45. The van der Waals surface area contributed by atoms with Gasteiger partial charge in [0.05, 0.1) is 12.7 Å². The Morgan fingerprint density at radius 1 is 1.18 bits per heavy atom. The molecule has 3 heteroatoms. The number of benzene rings is 1. The molecule has 3 nitrogen and oxygen atoms in total. The van der Waals surface area contributed by atoms with Gasteiger partial charge in [-0.05, 0) is 12.5 Å². The van der Waals surface area contributed by atoms with Crippen LogP contribution in [0.3, 0.4) is 0 Å². The van der Waals surface area contributed by atoms with E-state index in [1.54, 1.807) is 18.7 Å². The van der Waals surface area contributed by atoms with Crippen LogP contribution in [-0.2, 0) is 7.05 Å². The van der Waals surface area contributed by atoms with Crippen LogP contribution in [0.1, 0.15) is 5.69 Å². The summed E-state index contributed by atoms with van der Waals surface area (Å²) in [5, 5.41) is 0. The molecule has 1 aromatic heterocycles. The topological polar surface area (TPSA) is 31.2 Å². The number of aromatic nitrogens is 1. The Bertz CT molecular complexity index is 585. The first kappa shape index (κ1) is 11.5. The lowest BCUT2D eigenvalue weighted by Gasteiger charge is -2.12. The maximum absolute atomic E-state index is 12.3. The third kappa shape index (κ3) is 1.96. The molecule has 17 heavy (non-hydrogen) atoms. The predicted molar refractivity (Wildman–Crippen MR) is 68.4 cm³/mol. The Balaban J connectivity index is 2.77. The molecule has 0 saturated carbocycles. The first-order valence-corrected chi connectivity index (χ1v) is 5.45. The van der Waals surface area contributed by atoms with E-state index in [4.69, 9.17) is 4.74 Å². The lowest BCUT2D eigenvalue weighted by molar-refractivity contribution is 0.414. The van der Waals surface area contributed by atoms with Crippen LogP contribution in [0.25, 0.3) is 11.1 Å². The molecule has 0 N–H and O–H groups in total. The Labute approximate surface area is 100 Å². The van der Waals surface area contributed by atoms with Gasteiger partial charge in [-0.15, -0.1) is 0 Å². The summed E-state index contributed by atoms with van der Waals surface area (Å²) in [5.41, 5.74) is 2.34. The number of methoxy groups -OCH3 is 1. The normalized spacial score (nSPS) is 10.3. The Kier molecular flexibility index (Phi) is 3.00. The SMILES string of the molecule is COc1cc(C)n(C)c(=O)c1-c1ccccc1. The van der Waals surface area contributed by atoms with Crippen LogP contribution >= 0.6 is 0 Å². The molecule has 0 aliphatic rings. The van der Waals surface area contributed by atoms with Crippen LogP contribution in [0.5, 0.6) is 5.75 Å². The van der Waals surface area contributed by atoms with Gasteiger partial charge in [0.1, 0.15) is 5.75 Å². The van der Waals surface area contributed by atoms with Crippen molar-refractivity contribution < 1.29 is 4.74 Å². The fourth-order valence-corrected chi connectivity index (χ4v) is 1.82. The molecule has 1 heterocycles. The lowest BCUT2D eigenvalue weighted by Crippen LogP contribution is -2.21. The minimum atomic E-state index is -0.0342. The van der Waals surface area contributed by atoms with Crippen molar-refractivity contribution in [2.45, 2.75) is 6.92 Å². The van der Waals surface area contributed by atoms with Gasteiger partial charge in [0, 0.05) is 18.8 Å². The summed E-state index contributed by atoms with van der Waals surface area (Å²) in [6.07, 6.45) is 0. The minimum Gasteiger partial charge on any atom is -0.496 e. The molecule has 0 saturated heterocycles. The zero-order valence-corrected chi connectivity index (χ0v) is 10.2. The summed E-state index contributed by atoms with van der Waals surface area (Å²) in [5.74, 6) is 0.622. The van der Waals surface area contributed by atoms with Crippen LogP contribution < -0.4 is 10.3 Å². The molecule has 1 aromatic carbocycles. The summed E-state index contributed by atoms with van der Waals surface area (Å²) in [7, 11) is 3.35. The zero-order valence-electron chi connectivity index (χ0n) is 10.2. The average molecular weight is 229 g/mol. The molecular weight excluding hydrogens is 214 g/mol. The zero-order chi connectivity index (χ0) is 12.4. The lowest BCUT2D eigenvalue weighted by atomic mass is 10.1. The molecule has 2 rings (SSSR count). The summed E-state index contributed by atoms with van der Waals surface area (Å²) in [6, 6.07) is 11.4. The highest BCUT2D eigenvalue weighted by Crippen LogP contribution is 2.26. The second-order valence-electron chi connectivity index (χ2n) is 3.96. The molecule has 0 unspecified atom stereocenters. The number of pyridine rings is 1. The van der Waals surface area contributed by atoms with E-state index >= 15 is 0 Å². The Morgan fingerprint density at radius 3 is 2.41 bits per heavy atom. The van der Waals surface area contributed by atoms with Gasteiger partial charge in [-0.2, -0.15) is 0 Å². The van der Waals surface area contributed by atoms with E-state index in [9.17, 15) is 4.79 Å². The number of hydrogen-bond donors (Lipinski definition) is 0. The molecule has 0 atom stereocenters. The van der Waals surface area contributed by atoms with Gasteiger partial charge in [0.25, 0.3) is 5.56 Å². The van der Waals surface area contributed by atoms with E-state index in [0.29, 0.717) is 11.3 Å². The van der Waals surface area contributed by atoms with Gasteiger partial charge in [0.2, 0.25) is 0 Å². The van der Waals surface area contributed by atoms with Crippen molar-refractivity contribution in [1.82, 2.24) is 4.57 Å². The van der Waals surface area contributed by atoms with Crippen molar-refractivity contribution in [2.24, 2.45) is 7.05 Å². The van der Waals surface area contributed by atoms with Crippen LogP contribution in [-0.4, -0.2) is 11.7 Å². The first-order valence-electron chi connectivity index (χ1n) is 5.45. The molecule has 0 radical (unpaired) electrons. The van der Waals surface area contributed by atoms with Crippen LogP contribution in [0, 0.1) is 6.92 Å². The highest BCUT2D eigenvalue weighted by atomic mass is 16.5. The third-order valence-electron chi connectivity index (χ3n) is 2.92. The van der Waals surface area contributed by atoms with Crippen molar-refractivity contribution in [1.29, 1.82) is 0 Å². The molecule has 0 fully saturated rings. The molecule has 0 spiro atoms. The number of nitrogens with zero attached hydrogens (tertiary/aromatic N) is 1. The number of aryl methyl sites for hydroxylation is 1. The number of ether oxygens (including phenoxy) is 1. The molecule has 0 aliphatic heterocycles. The van der Waals surface area contributed by atoms with Crippen molar-refractivity contribution >= 4 is 0 Å². The van der Waals surface area contributed by atoms with Gasteiger partial charge in [-0.25, -0.2) is 0 Å². The minimum absolute atomic E-state index is 0.0342. The Morgan fingerprint density at radius 2 is 1.82 bits per heavy atom. The van der Waals surface area contributed by atoms with Crippen LogP contribution in [0.4, 0.5) is 0 Å². The van der Waals surface area contributed by atoms with Crippen molar-refractivity contribution in [3.05, 3.63) is 52.4 Å². The molecular formula is C14H15NO2. The average Bonchev–Trinajstić information content (AvgIpc) is 2.36. The molecule has 0 aliphatic carbocycles. The van der Waals surface area contributed by atoms with Gasteiger partial charge in [-0.1, -0.05) is 30.3 Å². The van der Waals surface area contributed by atoms with Crippen molar-refractivity contribution in [2.75, 3.05) is 7.11 Å². The summed E-state index contributed by atoms with van der Waals surface area (Å²) in [4.78, 5) is 12.3. The van der Waals surface area contributed by atoms with E-state index in [-0.39, 0.29) is 5.56 Å². The van der Waals surface area contributed by atoms with Crippen molar-refractivity contribution in [3.63, 3.8) is 0 Å². The third-order valence-corrected chi connectivity index (χ3v) is 2.92. The smallest absolute Gasteiger partial charge is 0.262 e. The van der Waals surface area contributed by atoms with Crippen LogP contribution in [0.15, 0.2) is 41.2 Å². The van der Waals surface area contributed by atoms with Gasteiger partial charge in [0.15, 0.2) is 0 Å². The van der Waals surface area contributed by atoms with E-state index in [2.05, 4.69) is 0 Å². The van der Waals surface area contributed by atoms with E-state index < -0.39 is 0 Å². The van der Waals surface area contributed by atoms with Crippen LogP contribution in [0.2, 0.25) is 0 Å². The van der Waals surface area contributed by atoms with Gasteiger partial charge < -0.3 is 9.30 Å². The largest absolute Gasteiger partial charge is 0.496 e. The van der Waals surface area contributed by atoms with E-state index in [0.717, 1.165) is 11.3 Å². The summed E-state index contributed by atoms with van der Waals surface area (Å²) >= 11 is 0.